The smallest absolute Gasteiger partial charge is 0.170 e. The van der Waals surface area contributed by atoms with Crippen molar-refractivity contribution in [3.8, 4) is 0 Å². The number of thiocarbonyl (C=S) groups is 1. The molecule has 1 aromatic rings. The first-order chi connectivity index (χ1) is 9.71. The molecule has 0 spiro atoms. The third kappa shape index (κ3) is 4.48. The minimum atomic E-state index is 0.549. The summed E-state index contributed by atoms with van der Waals surface area (Å²) in [5, 5.41) is 7.51. The Morgan fingerprint density at radius 1 is 1.10 bits per heavy atom. The normalized spacial score (nSPS) is 22.3. The highest BCUT2D eigenvalue weighted by atomic mass is 32.1. The highest BCUT2D eigenvalue weighted by molar-refractivity contribution is 7.80. The van der Waals surface area contributed by atoms with Gasteiger partial charge in [0.1, 0.15) is 0 Å². The van der Waals surface area contributed by atoms with Crippen LogP contribution in [0.3, 0.4) is 0 Å². The molecule has 3 heteroatoms. The maximum Gasteiger partial charge on any atom is 0.170 e. The van der Waals surface area contributed by atoms with Crippen LogP contribution >= 0.6 is 12.2 Å². The van der Waals surface area contributed by atoms with E-state index in [0.29, 0.717) is 6.04 Å². The van der Waals surface area contributed by atoms with Crippen LogP contribution in [0.5, 0.6) is 0 Å². The molecule has 20 heavy (non-hydrogen) atoms. The number of aryl methyl sites for hydroxylation is 1. The summed E-state index contributed by atoms with van der Waals surface area (Å²) in [5.41, 5.74) is 2.43. The molecular weight excluding hydrogens is 264 g/mol. The second-order valence-corrected chi connectivity index (χ2v) is 6.18. The fourth-order valence-electron chi connectivity index (χ4n) is 2.89. The molecule has 1 aliphatic rings. The SMILES string of the molecule is CCc1ccc(NC(=S)NC2CCC(CC)CC2)cc1. The van der Waals surface area contributed by atoms with Crippen LogP contribution < -0.4 is 10.6 Å². The molecule has 1 aliphatic carbocycles. The van der Waals surface area contributed by atoms with Gasteiger partial charge in [0.25, 0.3) is 0 Å². The zero-order chi connectivity index (χ0) is 14.4. The first kappa shape index (κ1) is 15.3. The Kier molecular flexibility index (Phi) is 5.84. The topological polar surface area (TPSA) is 24.1 Å². The number of rotatable bonds is 4. The molecule has 0 amide bonds. The molecule has 0 heterocycles. The molecule has 0 aliphatic heterocycles. The van der Waals surface area contributed by atoms with Crippen molar-refractivity contribution < 1.29 is 0 Å². The zero-order valence-corrected chi connectivity index (χ0v) is 13.4. The van der Waals surface area contributed by atoms with E-state index < -0.39 is 0 Å². The number of benzene rings is 1. The highest BCUT2D eigenvalue weighted by Gasteiger charge is 2.20. The average molecular weight is 290 g/mol. The Bertz CT molecular complexity index is 419. The van der Waals surface area contributed by atoms with E-state index in [1.54, 1.807) is 0 Å². The summed E-state index contributed by atoms with van der Waals surface area (Å²) in [6.45, 7) is 4.46. The van der Waals surface area contributed by atoms with Gasteiger partial charge in [0, 0.05) is 11.7 Å². The summed E-state index contributed by atoms with van der Waals surface area (Å²) in [7, 11) is 0. The lowest BCUT2D eigenvalue weighted by molar-refractivity contribution is 0.306. The van der Waals surface area contributed by atoms with Gasteiger partial charge in [-0.1, -0.05) is 32.4 Å². The monoisotopic (exact) mass is 290 g/mol. The average Bonchev–Trinajstić information content (AvgIpc) is 2.49. The Hall–Kier alpha value is -1.09. The van der Waals surface area contributed by atoms with Gasteiger partial charge in [0.15, 0.2) is 5.11 Å². The molecule has 2 N–H and O–H groups in total. The first-order valence-electron chi connectivity index (χ1n) is 7.87. The summed E-state index contributed by atoms with van der Waals surface area (Å²) in [6, 6.07) is 9.05. The molecule has 1 aromatic carbocycles. The van der Waals surface area contributed by atoms with Crippen LogP contribution in [-0.4, -0.2) is 11.2 Å². The van der Waals surface area contributed by atoms with Gasteiger partial charge in [0.05, 0.1) is 0 Å². The predicted octanol–water partition coefficient (Wildman–Crippen LogP) is 4.50. The lowest BCUT2D eigenvalue weighted by Gasteiger charge is -2.29. The molecule has 2 rings (SSSR count). The fourth-order valence-corrected chi connectivity index (χ4v) is 3.18. The minimum Gasteiger partial charge on any atom is -0.360 e. The van der Waals surface area contributed by atoms with Crippen LogP contribution in [0.1, 0.15) is 51.5 Å². The molecule has 110 valence electrons. The van der Waals surface area contributed by atoms with Gasteiger partial charge < -0.3 is 10.6 Å². The standard InChI is InChI=1S/C17H26N2S/c1-3-13-5-9-15(10-6-13)18-17(20)19-16-11-7-14(4-2)8-12-16/h5-6,9-10,14,16H,3-4,7-8,11-12H2,1-2H3,(H2,18,19,20). The summed E-state index contributed by atoms with van der Waals surface area (Å²) >= 11 is 5.41. The lowest BCUT2D eigenvalue weighted by Crippen LogP contribution is -2.39. The number of nitrogens with one attached hydrogen (secondary N) is 2. The number of hydrogen-bond acceptors (Lipinski definition) is 1. The van der Waals surface area contributed by atoms with Crippen molar-refractivity contribution in [2.24, 2.45) is 5.92 Å². The van der Waals surface area contributed by atoms with Gasteiger partial charge in [-0.3, -0.25) is 0 Å². The molecule has 0 bridgehead atoms. The third-order valence-electron chi connectivity index (χ3n) is 4.38. The number of hydrogen-bond donors (Lipinski definition) is 2. The van der Waals surface area contributed by atoms with Crippen LogP contribution in [0, 0.1) is 5.92 Å². The third-order valence-corrected chi connectivity index (χ3v) is 4.60. The molecule has 0 unspecified atom stereocenters. The van der Waals surface area contributed by atoms with E-state index in [9.17, 15) is 0 Å². The van der Waals surface area contributed by atoms with Crippen molar-refractivity contribution in [3.05, 3.63) is 29.8 Å². The minimum absolute atomic E-state index is 0.549. The maximum absolute atomic E-state index is 5.41. The van der Waals surface area contributed by atoms with E-state index in [-0.39, 0.29) is 0 Å². The van der Waals surface area contributed by atoms with E-state index in [2.05, 4.69) is 48.7 Å². The van der Waals surface area contributed by atoms with Crippen LogP contribution in [0.4, 0.5) is 5.69 Å². The van der Waals surface area contributed by atoms with Gasteiger partial charge in [0.2, 0.25) is 0 Å². The van der Waals surface area contributed by atoms with Crippen molar-refractivity contribution in [3.63, 3.8) is 0 Å². The molecule has 0 radical (unpaired) electrons. The molecule has 2 nitrogen and oxygen atoms in total. The van der Waals surface area contributed by atoms with Crippen molar-refractivity contribution in [2.75, 3.05) is 5.32 Å². The van der Waals surface area contributed by atoms with Crippen molar-refractivity contribution in [1.82, 2.24) is 5.32 Å². The van der Waals surface area contributed by atoms with Crippen molar-refractivity contribution in [1.29, 1.82) is 0 Å². The van der Waals surface area contributed by atoms with E-state index in [1.807, 2.05) is 0 Å². The summed E-state index contributed by atoms with van der Waals surface area (Å²) < 4.78 is 0. The van der Waals surface area contributed by atoms with E-state index in [4.69, 9.17) is 12.2 Å². The quantitative estimate of drug-likeness (QED) is 0.798. The van der Waals surface area contributed by atoms with Gasteiger partial charge >= 0.3 is 0 Å². The molecular formula is C17H26N2S. The van der Waals surface area contributed by atoms with Crippen LogP contribution in [0.25, 0.3) is 0 Å². The van der Waals surface area contributed by atoms with E-state index >= 15 is 0 Å². The Morgan fingerprint density at radius 2 is 1.75 bits per heavy atom. The maximum atomic E-state index is 5.41. The summed E-state index contributed by atoms with van der Waals surface area (Å²) in [5.74, 6) is 0.927. The molecule has 1 saturated carbocycles. The second kappa shape index (κ2) is 7.63. The Morgan fingerprint density at radius 3 is 2.30 bits per heavy atom. The number of anilines is 1. The summed E-state index contributed by atoms with van der Waals surface area (Å²) in [6.07, 6.45) is 7.55. The largest absolute Gasteiger partial charge is 0.360 e. The lowest BCUT2D eigenvalue weighted by atomic mass is 9.85. The van der Waals surface area contributed by atoms with Crippen molar-refractivity contribution >= 4 is 23.0 Å². The zero-order valence-electron chi connectivity index (χ0n) is 12.6. The van der Waals surface area contributed by atoms with Gasteiger partial charge in [-0.05, 0) is 67.9 Å². The Labute approximate surface area is 128 Å². The molecule has 0 saturated heterocycles. The van der Waals surface area contributed by atoms with E-state index in [1.165, 1.54) is 37.7 Å². The first-order valence-corrected chi connectivity index (χ1v) is 8.28. The molecule has 0 aromatic heterocycles. The summed E-state index contributed by atoms with van der Waals surface area (Å²) in [4.78, 5) is 0. The van der Waals surface area contributed by atoms with Gasteiger partial charge in [-0.2, -0.15) is 0 Å². The predicted molar refractivity (Wildman–Crippen MR) is 91.2 cm³/mol. The second-order valence-electron chi connectivity index (χ2n) is 5.77. The fraction of sp³-hybridized carbons (Fsp3) is 0.588. The van der Waals surface area contributed by atoms with E-state index in [0.717, 1.165) is 23.1 Å². The van der Waals surface area contributed by atoms with Crippen LogP contribution in [-0.2, 0) is 6.42 Å². The van der Waals surface area contributed by atoms with Crippen LogP contribution in [0.2, 0.25) is 0 Å². The molecule has 1 fully saturated rings. The Balaban J connectivity index is 1.77. The van der Waals surface area contributed by atoms with Crippen LogP contribution in [0.15, 0.2) is 24.3 Å². The van der Waals surface area contributed by atoms with Crippen molar-refractivity contribution in [2.45, 2.75) is 58.4 Å². The highest BCUT2D eigenvalue weighted by Crippen LogP contribution is 2.26. The molecule has 0 atom stereocenters. The van der Waals surface area contributed by atoms with Gasteiger partial charge in [-0.25, -0.2) is 0 Å². The van der Waals surface area contributed by atoms with Gasteiger partial charge in [-0.15, -0.1) is 0 Å².